The Morgan fingerprint density at radius 3 is 2.54 bits per heavy atom. The van der Waals surface area contributed by atoms with E-state index >= 15 is 0 Å². The molecule has 1 N–H and O–H groups in total. The van der Waals surface area contributed by atoms with Gasteiger partial charge < -0.3 is 14.8 Å². The number of anilines is 1. The van der Waals surface area contributed by atoms with E-state index in [9.17, 15) is 4.79 Å². The zero-order valence-corrected chi connectivity index (χ0v) is 15.4. The van der Waals surface area contributed by atoms with E-state index in [1.54, 1.807) is 25.3 Å². The third-order valence-corrected chi connectivity index (χ3v) is 4.38. The van der Waals surface area contributed by atoms with Crippen LogP contribution in [0.2, 0.25) is 5.02 Å². The predicted molar refractivity (Wildman–Crippen MR) is 105 cm³/mol. The molecule has 0 saturated carbocycles. The number of fused-ring (bicyclic) bond motifs is 1. The Morgan fingerprint density at radius 2 is 1.85 bits per heavy atom. The molecule has 0 unspecified atom stereocenters. The molecule has 0 aliphatic heterocycles. The summed E-state index contributed by atoms with van der Waals surface area (Å²) in [5.74, 6) is 1.00. The fourth-order valence-electron chi connectivity index (χ4n) is 2.69. The van der Waals surface area contributed by atoms with E-state index in [1.165, 1.54) is 0 Å². The van der Waals surface area contributed by atoms with Crippen molar-refractivity contribution in [2.75, 3.05) is 12.4 Å². The highest BCUT2D eigenvalue weighted by molar-refractivity contribution is 6.32. The van der Waals surface area contributed by atoms with Crippen LogP contribution in [0.4, 0.5) is 5.69 Å². The van der Waals surface area contributed by atoms with Gasteiger partial charge in [-0.2, -0.15) is 0 Å². The van der Waals surface area contributed by atoms with Crippen LogP contribution in [0, 0.1) is 0 Å². The van der Waals surface area contributed by atoms with E-state index < -0.39 is 6.10 Å². The summed E-state index contributed by atoms with van der Waals surface area (Å²) in [7, 11) is 1.55. The fourth-order valence-corrected chi connectivity index (χ4v) is 2.95. The summed E-state index contributed by atoms with van der Waals surface area (Å²) in [4.78, 5) is 12.6. The summed E-state index contributed by atoms with van der Waals surface area (Å²) >= 11 is 6.10. The summed E-state index contributed by atoms with van der Waals surface area (Å²) in [6.07, 6.45) is -0.0558. The van der Waals surface area contributed by atoms with E-state index in [1.807, 2.05) is 49.4 Å². The lowest BCUT2D eigenvalue weighted by Crippen LogP contribution is -2.32. The second kappa shape index (κ2) is 8.11. The number of ether oxygens (including phenoxy) is 2. The van der Waals surface area contributed by atoms with Crippen LogP contribution in [0.5, 0.6) is 11.5 Å². The van der Waals surface area contributed by atoms with Crippen molar-refractivity contribution in [3.63, 3.8) is 0 Å². The smallest absolute Gasteiger partial charge is 0.265 e. The zero-order chi connectivity index (χ0) is 18.5. The van der Waals surface area contributed by atoms with Gasteiger partial charge in [0.2, 0.25) is 0 Å². The molecule has 1 amide bonds. The van der Waals surface area contributed by atoms with Crippen molar-refractivity contribution < 1.29 is 14.3 Å². The van der Waals surface area contributed by atoms with Crippen molar-refractivity contribution in [2.24, 2.45) is 0 Å². The number of carbonyl (C=O) groups excluding carboxylic acids is 1. The lowest BCUT2D eigenvalue weighted by Gasteiger charge is -2.18. The van der Waals surface area contributed by atoms with Crippen LogP contribution in [-0.4, -0.2) is 19.1 Å². The molecule has 0 bridgehead atoms. The number of carbonyl (C=O) groups is 1. The highest BCUT2D eigenvalue weighted by atomic mass is 35.5. The minimum absolute atomic E-state index is 0.220. The first kappa shape index (κ1) is 18.1. The molecule has 0 aliphatic rings. The molecular formula is C21H20ClNO3. The molecule has 0 saturated heterocycles. The standard InChI is InChI=1S/C21H20ClNO3/c1-3-19(21(24)23-16-9-11-20(25-2)18(22)13-16)26-17-10-8-14-6-4-5-7-15(14)12-17/h4-13,19H,3H2,1-2H3,(H,23,24)/t19-/m0/s1. The Morgan fingerprint density at radius 1 is 1.08 bits per heavy atom. The maximum absolute atomic E-state index is 12.6. The molecule has 0 spiro atoms. The number of rotatable bonds is 6. The largest absolute Gasteiger partial charge is 0.495 e. The number of nitrogens with one attached hydrogen (secondary N) is 1. The zero-order valence-electron chi connectivity index (χ0n) is 14.7. The van der Waals surface area contributed by atoms with Gasteiger partial charge in [-0.25, -0.2) is 0 Å². The minimum atomic E-state index is -0.600. The highest BCUT2D eigenvalue weighted by Crippen LogP contribution is 2.27. The van der Waals surface area contributed by atoms with Crippen molar-refractivity contribution in [3.05, 3.63) is 65.7 Å². The lowest BCUT2D eigenvalue weighted by molar-refractivity contribution is -0.122. The van der Waals surface area contributed by atoms with Gasteiger partial charge in [0.05, 0.1) is 12.1 Å². The topological polar surface area (TPSA) is 47.6 Å². The molecule has 4 nitrogen and oxygen atoms in total. The lowest BCUT2D eigenvalue weighted by atomic mass is 10.1. The first-order valence-corrected chi connectivity index (χ1v) is 8.78. The van der Waals surface area contributed by atoms with Gasteiger partial charge in [-0.3, -0.25) is 4.79 Å². The molecule has 0 aromatic heterocycles. The number of methoxy groups -OCH3 is 1. The molecule has 0 aliphatic carbocycles. The van der Waals surface area contributed by atoms with Gasteiger partial charge in [-0.1, -0.05) is 48.9 Å². The third-order valence-electron chi connectivity index (χ3n) is 4.08. The first-order valence-electron chi connectivity index (χ1n) is 8.40. The molecule has 3 rings (SSSR count). The molecule has 26 heavy (non-hydrogen) atoms. The highest BCUT2D eigenvalue weighted by Gasteiger charge is 2.19. The van der Waals surface area contributed by atoms with Gasteiger partial charge >= 0.3 is 0 Å². The Hall–Kier alpha value is -2.72. The number of amides is 1. The second-order valence-corrected chi connectivity index (χ2v) is 6.27. The molecule has 134 valence electrons. The molecule has 5 heteroatoms. The van der Waals surface area contributed by atoms with Crippen molar-refractivity contribution in [3.8, 4) is 11.5 Å². The molecule has 0 heterocycles. The van der Waals surface area contributed by atoms with Crippen LogP contribution < -0.4 is 14.8 Å². The Balaban J connectivity index is 1.72. The Labute approximate surface area is 157 Å². The second-order valence-electron chi connectivity index (χ2n) is 5.86. The molecule has 1 atom stereocenters. The Bertz CT molecular complexity index is 926. The predicted octanol–water partition coefficient (Wildman–Crippen LogP) is 5.30. The van der Waals surface area contributed by atoms with Crippen LogP contribution in [0.15, 0.2) is 60.7 Å². The van der Waals surface area contributed by atoms with E-state index in [2.05, 4.69) is 5.32 Å². The maximum atomic E-state index is 12.6. The minimum Gasteiger partial charge on any atom is -0.495 e. The number of benzene rings is 3. The quantitative estimate of drug-likeness (QED) is 0.641. The summed E-state index contributed by atoms with van der Waals surface area (Å²) in [6, 6.07) is 18.9. The van der Waals surface area contributed by atoms with Crippen molar-refractivity contribution in [2.45, 2.75) is 19.4 Å². The fraction of sp³-hybridized carbons (Fsp3) is 0.190. The van der Waals surface area contributed by atoms with Gasteiger partial charge in [0.25, 0.3) is 5.91 Å². The van der Waals surface area contributed by atoms with Crippen molar-refractivity contribution in [1.29, 1.82) is 0 Å². The average Bonchev–Trinajstić information content (AvgIpc) is 2.66. The van der Waals surface area contributed by atoms with E-state index in [0.717, 1.165) is 10.8 Å². The van der Waals surface area contributed by atoms with Crippen molar-refractivity contribution >= 4 is 34.0 Å². The van der Waals surface area contributed by atoms with Gasteiger partial charge in [0.1, 0.15) is 11.5 Å². The third kappa shape index (κ3) is 4.09. The monoisotopic (exact) mass is 369 g/mol. The molecule has 0 fully saturated rings. The van der Waals surface area contributed by atoms with Gasteiger partial charge in [-0.15, -0.1) is 0 Å². The van der Waals surface area contributed by atoms with Crippen LogP contribution in [0.25, 0.3) is 10.8 Å². The van der Waals surface area contributed by atoms with Crippen LogP contribution in [0.1, 0.15) is 13.3 Å². The molecular weight excluding hydrogens is 350 g/mol. The molecule has 3 aromatic carbocycles. The maximum Gasteiger partial charge on any atom is 0.265 e. The first-order chi connectivity index (χ1) is 12.6. The summed E-state index contributed by atoms with van der Waals surface area (Å²) in [5, 5.41) is 5.48. The van der Waals surface area contributed by atoms with Gasteiger partial charge in [0, 0.05) is 5.69 Å². The summed E-state index contributed by atoms with van der Waals surface area (Å²) in [5.41, 5.74) is 0.598. The summed E-state index contributed by atoms with van der Waals surface area (Å²) in [6.45, 7) is 1.91. The number of hydrogen-bond acceptors (Lipinski definition) is 3. The number of hydrogen-bond donors (Lipinski definition) is 1. The van der Waals surface area contributed by atoms with E-state index in [-0.39, 0.29) is 5.91 Å². The van der Waals surface area contributed by atoms with E-state index in [4.69, 9.17) is 21.1 Å². The Kier molecular flexibility index (Phi) is 5.64. The van der Waals surface area contributed by atoms with Gasteiger partial charge in [-0.05, 0) is 47.5 Å². The number of halogens is 1. The van der Waals surface area contributed by atoms with Crippen LogP contribution >= 0.6 is 11.6 Å². The van der Waals surface area contributed by atoms with Gasteiger partial charge in [0.15, 0.2) is 6.10 Å². The molecule has 3 aromatic rings. The average molecular weight is 370 g/mol. The van der Waals surface area contributed by atoms with Crippen LogP contribution in [0.3, 0.4) is 0 Å². The normalized spacial score (nSPS) is 11.8. The van der Waals surface area contributed by atoms with Crippen molar-refractivity contribution in [1.82, 2.24) is 0 Å². The molecule has 0 radical (unpaired) electrons. The SMILES string of the molecule is CC[C@H](Oc1ccc2ccccc2c1)C(=O)Nc1ccc(OC)c(Cl)c1. The van der Waals surface area contributed by atoms with E-state index in [0.29, 0.717) is 28.6 Å². The summed E-state index contributed by atoms with van der Waals surface area (Å²) < 4.78 is 11.0. The van der Waals surface area contributed by atoms with Crippen LogP contribution in [-0.2, 0) is 4.79 Å².